The Morgan fingerprint density at radius 1 is 1.42 bits per heavy atom. The van der Waals surface area contributed by atoms with E-state index in [1.807, 2.05) is 19.0 Å². The number of benzene rings is 1. The van der Waals surface area contributed by atoms with Crippen LogP contribution in [0.1, 0.15) is 23.2 Å². The highest BCUT2D eigenvalue weighted by molar-refractivity contribution is 6.01. The van der Waals surface area contributed by atoms with E-state index < -0.39 is 0 Å². The van der Waals surface area contributed by atoms with Crippen LogP contribution in [0.15, 0.2) is 36.4 Å². The highest BCUT2D eigenvalue weighted by Gasteiger charge is 2.22. The van der Waals surface area contributed by atoms with Crippen LogP contribution in [0.5, 0.6) is 0 Å². The molecule has 6 nitrogen and oxygen atoms in total. The second-order valence-corrected chi connectivity index (χ2v) is 6.39. The SMILES string of the molecule is CN(C)C/C=C/C(=O)Nc1cccc(C(=O)N2CCCC(N)C2)c1. The lowest BCUT2D eigenvalue weighted by Crippen LogP contribution is -2.45. The minimum Gasteiger partial charge on any atom is -0.337 e. The van der Waals surface area contributed by atoms with Gasteiger partial charge in [0.2, 0.25) is 5.91 Å². The van der Waals surface area contributed by atoms with Crippen molar-refractivity contribution < 1.29 is 9.59 Å². The number of carbonyl (C=O) groups is 2. The van der Waals surface area contributed by atoms with Gasteiger partial charge in [-0.2, -0.15) is 0 Å². The monoisotopic (exact) mass is 330 g/mol. The molecule has 0 radical (unpaired) electrons. The molecule has 1 saturated heterocycles. The Bertz CT molecular complexity index is 613. The standard InChI is InChI=1S/C18H26N4O2/c1-21(2)10-5-9-17(23)20-16-8-3-6-14(12-16)18(24)22-11-4-7-15(19)13-22/h3,5-6,8-9,12,15H,4,7,10-11,13,19H2,1-2H3,(H,20,23)/b9-5+. The van der Waals surface area contributed by atoms with Crippen LogP contribution < -0.4 is 11.1 Å². The number of likely N-dealkylation sites (N-methyl/N-ethyl adjacent to an activating group) is 1. The van der Waals surface area contributed by atoms with E-state index in [1.165, 1.54) is 6.08 Å². The molecule has 2 amide bonds. The first-order chi connectivity index (χ1) is 11.5. The van der Waals surface area contributed by atoms with Crippen molar-refractivity contribution in [2.75, 3.05) is 39.0 Å². The molecule has 1 aliphatic heterocycles. The van der Waals surface area contributed by atoms with Gasteiger partial charge in [-0.1, -0.05) is 12.1 Å². The summed E-state index contributed by atoms with van der Waals surface area (Å²) in [5.41, 5.74) is 7.12. The Kier molecular flexibility index (Phi) is 6.52. The molecule has 1 aromatic carbocycles. The topological polar surface area (TPSA) is 78.7 Å². The molecule has 1 fully saturated rings. The molecule has 24 heavy (non-hydrogen) atoms. The third kappa shape index (κ3) is 5.47. The number of nitrogens with zero attached hydrogens (tertiary/aromatic N) is 2. The minimum atomic E-state index is -0.207. The van der Waals surface area contributed by atoms with Gasteiger partial charge < -0.3 is 20.9 Å². The average molecular weight is 330 g/mol. The normalized spacial score (nSPS) is 18.2. The van der Waals surface area contributed by atoms with Gasteiger partial charge in [0, 0.05) is 43.0 Å². The Morgan fingerprint density at radius 2 is 2.21 bits per heavy atom. The number of anilines is 1. The zero-order valence-corrected chi connectivity index (χ0v) is 14.4. The molecule has 1 aromatic rings. The molecule has 0 aliphatic carbocycles. The van der Waals surface area contributed by atoms with Crippen LogP contribution in [0.3, 0.4) is 0 Å². The van der Waals surface area contributed by atoms with Gasteiger partial charge in [-0.15, -0.1) is 0 Å². The summed E-state index contributed by atoms with van der Waals surface area (Å²) in [5, 5.41) is 2.78. The summed E-state index contributed by atoms with van der Waals surface area (Å²) in [6.45, 7) is 2.01. The number of amides is 2. The summed E-state index contributed by atoms with van der Waals surface area (Å²) < 4.78 is 0. The maximum Gasteiger partial charge on any atom is 0.253 e. The molecular weight excluding hydrogens is 304 g/mol. The van der Waals surface area contributed by atoms with Gasteiger partial charge in [0.15, 0.2) is 0 Å². The molecule has 3 N–H and O–H groups in total. The fourth-order valence-corrected chi connectivity index (χ4v) is 2.66. The Balaban J connectivity index is 1.99. The van der Waals surface area contributed by atoms with E-state index in [4.69, 9.17) is 5.73 Å². The average Bonchev–Trinajstić information content (AvgIpc) is 2.54. The Hall–Kier alpha value is -2.18. The first-order valence-electron chi connectivity index (χ1n) is 8.23. The summed E-state index contributed by atoms with van der Waals surface area (Å²) in [5.74, 6) is -0.245. The second kappa shape index (κ2) is 8.61. The van der Waals surface area contributed by atoms with Gasteiger partial charge in [0.1, 0.15) is 0 Å². The number of rotatable bonds is 5. The lowest BCUT2D eigenvalue weighted by atomic mass is 10.1. The molecule has 2 rings (SSSR count). The van der Waals surface area contributed by atoms with Crippen molar-refractivity contribution in [1.82, 2.24) is 9.80 Å². The van der Waals surface area contributed by atoms with Gasteiger partial charge in [-0.05, 0) is 45.1 Å². The fourth-order valence-electron chi connectivity index (χ4n) is 2.66. The van der Waals surface area contributed by atoms with Crippen LogP contribution in [0.2, 0.25) is 0 Å². The highest BCUT2D eigenvalue weighted by atomic mass is 16.2. The van der Waals surface area contributed by atoms with Crippen LogP contribution in [-0.4, -0.2) is 61.4 Å². The molecular formula is C18H26N4O2. The summed E-state index contributed by atoms with van der Waals surface area (Å²) >= 11 is 0. The number of carbonyl (C=O) groups excluding carboxylic acids is 2. The van der Waals surface area contributed by atoms with Crippen LogP contribution >= 0.6 is 0 Å². The smallest absolute Gasteiger partial charge is 0.253 e. The molecule has 130 valence electrons. The minimum absolute atomic E-state index is 0.0376. The number of likely N-dealkylation sites (tertiary alicyclic amines) is 1. The third-order valence-corrected chi connectivity index (χ3v) is 3.86. The van der Waals surface area contributed by atoms with E-state index in [-0.39, 0.29) is 17.9 Å². The maximum atomic E-state index is 12.6. The van der Waals surface area contributed by atoms with Gasteiger partial charge >= 0.3 is 0 Å². The van der Waals surface area contributed by atoms with Gasteiger partial charge in [0.25, 0.3) is 5.91 Å². The number of hydrogen-bond donors (Lipinski definition) is 2. The first kappa shape index (κ1) is 18.2. The van der Waals surface area contributed by atoms with Crippen molar-refractivity contribution >= 4 is 17.5 Å². The molecule has 0 aromatic heterocycles. The zero-order chi connectivity index (χ0) is 17.5. The predicted molar refractivity (Wildman–Crippen MR) is 95.9 cm³/mol. The molecule has 0 spiro atoms. The van der Waals surface area contributed by atoms with E-state index in [0.29, 0.717) is 24.3 Å². The Labute approximate surface area is 143 Å². The van der Waals surface area contributed by atoms with E-state index in [0.717, 1.165) is 19.4 Å². The third-order valence-electron chi connectivity index (χ3n) is 3.86. The van der Waals surface area contributed by atoms with Crippen molar-refractivity contribution in [3.8, 4) is 0 Å². The molecule has 6 heteroatoms. The molecule has 0 bridgehead atoms. The summed E-state index contributed by atoms with van der Waals surface area (Å²) in [7, 11) is 3.87. The summed E-state index contributed by atoms with van der Waals surface area (Å²) in [4.78, 5) is 28.2. The number of nitrogens with one attached hydrogen (secondary N) is 1. The van der Waals surface area contributed by atoms with Gasteiger partial charge in [-0.25, -0.2) is 0 Å². The van der Waals surface area contributed by atoms with E-state index >= 15 is 0 Å². The van der Waals surface area contributed by atoms with Crippen molar-refractivity contribution in [2.45, 2.75) is 18.9 Å². The molecule has 1 unspecified atom stereocenters. The van der Waals surface area contributed by atoms with Crippen LogP contribution in [0.25, 0.3) is 0 Å². The lowest BCUT2D eigenvalue weighted by molar-refractivity contribution is -0.111. The van der Waals surface area contributed by atoms with E-state index in [1.54, 1.807) is 35.2 Å². The Morgan fingerprint density at radius 3 is 2.92 bits per heavy atom. The van der Waals surface area contributed by atoms with Crippen molar-refractivity contribution in [3.63, 3.8) is 0 Å². The molecule has 1 heterocycles. The second-order valence-electron chi connectivity index (χ2n) is 6.39. The highest BCUT2D eigenvalue weighted by Crippen LogP contribution is 2.16. The van der Waals surface area contributed by atoms with Crippen molar-refractivity contribution in [2.24, 2.45) is 5.73 Å². The van der Waals surface area contributed by atoms with Gasteiger partial charge in [0.05, 0.1) is 0 Å². The van der Waals surface area contributed by atoms with Crippen molar-refractivity contribution in [3.05, 3.63) is 42.0 Å². The molecule has 1 aliphatic rings. The fraction of sp³-hybridized carbons (Fsp3) is 0.444. The van der Waals surface area contributed by atoms with Crippen LogP contribution in [-0.2, 0) is 4.79 Å². The largest absolute Gasteiger partial charge is 0.337 e. The molecule has 0 saturated carbocycles. The van der Waals surface area contributed by atoms with Crippen LogP contribution in [0, 0.1) is 0 Å². The van der Waals surface area contributed by atoms with E-state index in [2.05, 4.69) is 5.32 Å². The quantitative estimate of drug-likeness (QED) is 0.798. The number of nitrogens with two attached hydrogens (primary N) is 1. The van der Waals surface area contributed by atoms with Crippen molar-refractivity contribution in [1.29, 1.82) is 0 Å². The molecule has 1 atom stereocenters. The zero-order valence-electron chi connectivity index (χ0n) is 14.4. The summed E-state index contributed by atoms with van der Waals surface area (Å²) in [6.07, 6.45) is 5.18. The van der Waals surface area contributed by atoms with Crippen LogP contribution in [0.4, 0.5) is 5.69 Å². The first-order valence-corrected chi connectivity index (χ1v) is 8.23. The number of hydrogen-bond acceptors (Lipinski definition) is 4. The number of piperidine rings is 1. The summed E-state index contributed by atoms with van der Waals surface area (Å²) in [6, 6.07) is 7.07. The van der Waals surface area contributed by atoms with E-state index in [9.17, 15) is 9.59 Å². The van der Waals surface area contributed by atoms with Gasteiger partial charge in [-0.3, -0.25) is 9.59 Å². The maximum absolute atomic E-state index is 12.6. The lowest BCUT2D eigenvalue weighted by Gasteiger charge is -2.30. The predicted octanol–water partition coefficient (Wildman–Crippen LogP) is 1.31.